The van der Waals surface area contributed by atoms with Crippen LogP contribution in [0.4, 0.5) is 5.69 Å². The number of hydrogen-bond donors (Lipinski definition) is 1. The van der Waals surface area contributed by atoms with Crippen LogP contribution in [-0.4, -0.2) is 47.7 Å². The van der Waals surface area contributed by atoms with Crippen LogP contribution < -0.4 is 4.90 Å². The van der Waals surface area contributed by atoms with Gasteiger partial charge in [-0.3, -0.25) is 9.69 Å². The molecule has 1 heterocycles. The predicted octanol–water partition coefficient (Wildman–Crippen LogP) is 2.71. The molecule has 1 saturated heterocycles. The van der Waals surface area contributed by atoms with Gasteiger partial charge in [0.1, 0.15) is 6.54 Å². The molecule has 0 saturated carbocycles. The fourth-order valence-corrected chi connectivity index (χ4v) is 2.83. The van der Waals surface area contributed by atoms with Gasteiger partial charge in [-0.05, 0) is 44.5 Å². The first-order chi connectivity index (χ1) is 9.47. The Kier molecular flexibility index (Phi) is 4.89. The minimum atomic E-state index is -0.803. The standard InChI is InChI=1S/C15H21ClN2O2/c1-11(2)17-8-7-14(9-17)18(10-15(19)20)13-5-3-12(16)4-6-13/h3-6,11,14H,7-10H2,1-2H3,(H,19,20). The van der Waals surface area contributed by atoms with Crippen molar-refractivity contribution in [3.8, 4) is 0 Å². The summed E-state index contributed by atoms with van der Waals surface area (Å²) in [6.07, 6.45) is 0.994. The number of carbonyl (C=O) groups is 1. The molecule has 0 aliphatic carbocycles. The van der Waals surface area contributed by atoms with E-state index < -0.39 is 5.97 Å². The highest BCUT2D eigenvalue weighted by atomic mass is 35.5. The van der Waals surface area contributed by atoms with Crippen molar-refractivity contribution in [3.05, 3.63) is 29.3 Å². The lowest BCUT2D eigenvalue weighted by Crippen LogP contribution is -2.41. The Morgan fingerprint density at radius 3 is 2.60 bits per heavy atom. The molecule has 0 radical (unpaired) electrons. The van der Waals surface area contributed by atoms with Crippen molar-refractivity contribution in [1.82, 2.24) is 4.90 Å². The quantitative estimate of drug-likeness (QED) is 0.907. The number of halogens is 1. The fraction of sp³-hybridized carbons (Fsp3) is 0.533. The van der Waals surface area contributed by atoms with Crippen LogP contribution in [0.15, 0.2) is 24.3 Å². The van der Waals surface area contributed by atoms with E-state index in [4.69, 9.17) is 16.7 Å². The highest BCUT2D eigenvalue weighted by Crippen LogP contribution is 2.25. The molecule has 1 unspecified atom stereocenters. The SMILES string of the molecule is CC(C)N1CCC(N(CC(=O)O)c2ccc(Cl)cc2)C1. The summed E-state index contributed by atoms with van der Waals surface area (Å²) in [6, 6.07) is 8.14. The van der Waals surface area contributed by atoms with E-state index in [1.807, 2.05) is 17.0 Å². The Morgan fingerprint density at radius 1 is 1.45 bits per heavy atom. The molecule has 1 aliphatic heterocycles. The van der Waals surface area contributed by atoms with E-state index in [-0.39, 0.29) is 12.6 Å². The van der Waals surface area contributed by atoms with Gasteiger partial charge in [0.25, 0.3) is 0 Å². The molecule has 2 rings (SSSR count). The highest BCUT2D eigenvalue weighted by Gasteiger charge is 2.30. The Balaban J connectivity index is 2.16. The summed E-state index contributed by atoms with van der Waals surface area (Å²) >= 11 is 5.90. The molecular weight excluding hydrogens is 276 g/mol. The third-order valence-electron chi connectivity index (χ3n) is 3.83. The number of rotatable bonds is 5. The van der Waals surface area contributed by atoms with Crippen LogP contribution >= 0.6 is 11.6 Å². The van der Waals surface area contributed by atoms with Crippen LogP contribution in [0.1, 0.15) is 20.3 Å². The smallest absolute Gasteiger partial charge is 0.323 e. The molecule has 0 bridgehead atoms. The van der Waals surface area contributed by atoms with E-state index >= 15 is 0 Å². The van der Waals surface area contributed by atoms with Gasteiger partial charge in [-0.2, -0.15) is 0 Å². The second-order valence-electron chi connectivity index (χ2n) is 5.53. The van der Waals surface area contributed by atoms with E-state index in [1.54, 1.807) is 12.1 Å². The van der Waals surface area contributed by atoms with Crippen LogP contribution in [0.5, 0.6) is 0 Å². The summed E-state index contributed by atoms with van der Waals surface area (Å²) < 4.78 is 0. The lowest BCUT2D eigenvalue weighted by Gasteiger charge is -2.30. The van der Waals surface area contributed by atoms with Crippen molar-refractivity contribution in [2.24, 2.45) is 0 Å². The van der Waals surface area contributed by atoms with Crippen molar-refractivity contribution in [3.63, 3.8) is 0 Å². The number of benzene rings is 1. The number of carboxylic acid groups (broad SMARTS) is 1. The molecule has 110 valence electrons. The van der Waals surface area contributed by atoms with Gasteiger partial charge in [-0.15, -0.1) is 0 Å². The van der Waals surface area contributed by atoms with Crippen molar-refractivity contribution >= 4 is 23.3 Å². The lowest BCUT2D eigenvalue weighted by molar-refractivity contribution is -0.135. The molecule has 4 nitrogen and oxygen atoms in total. The van der Waals surface area contributed by atoms with Gasteiger partial charge in [-0.1, -0.05) is 11.6 Å². The monoisotopic (exact) mass is 296 g/mol. The molecule has 5 heteroatoms. The molecule has 20 heavy (non-hydrogen) atoms. The van der Waals surface area contributed by atoms with E-state index in [0.717, 1.165) is 25.2 Å². The molecule has 0 aromatic heterocycles. The molecule has 1 fully saturated rings. The molecule has 1 atom stereocenters. The molecule has 0 spiro atoms. The average molecular weight is 297 g/mol. The lowest BCUT2D eigenvalue weighted by atomic mass is 10.2. The van der Waals surface area contributed by atoms with Gasteiger partial charge < -0.3 is 10.0 Å². The zero-order valence-corrected chi connectivity index (χ0v) is 12.7. The molecule has 1 aliphatic rings. The summed E-state index contributed by atoms with van der Waals surface area (Å²) in [7, 11) is 0. The molecule has 0 amide bonds. The topological polar surface area (TPSA) is 43.8 Å². The van der Waals surface area contributed by atoms with E-state index in [1.165, 1.54) is 0 Å². The summed E-state index contributed by atoms with van der Waals surface area (Å²) in [4.78, 5) is 15.5. The minimum Gasteiger partial charge on any atom is -0.480 e. The summed E-state index contributed by atoms with van der Waals surface area (Å²) in [5, 5.41) is 9.82. The third kappa shape index (κ3) is 3.64. The van der Waals surface area contributed by atoms with E-state index in [2.05, 4.69) is 18.7 Å². The van der Waals surface area contributed by atoms with E-state index in [9.17, 15) is 4.79 Å². The van der Waals surface area contributed by atoms with Crippen LogP contribution in [0, 0.1) is 0 Å². The maximum Gasteiger partial charge on any atom is 0.323 e. The number of nitrogens with zero attached hydrogens (tertiary/aromatic N) is 2. The summed E-state index contributed by atoms with van der Waals surface area (Å²) in [5.41, 5.74) is 0.924. The van der Waals surface area contributed by atoms with Gasteiger partial charge >= 0.3 is 5.97 Å². The van der Waals surface area contributed by atoms with Crippen LogP contribution in [-0.2, 0) is 4.79 Å². The second-order valence-corrected chi connectivity index (χ2v) is 5.97. The Bertz CT molecular complexity index is 461. The number of aliphatic carboxylic acids is 1. The van der Waals surface area contributed by atoms with Crippen LogP contribution in [0.2, 0.25) is 5.02 Å². The Labute approximate surface area is 124 Å². The first-order valence-corrected chi connectivity index (χ1v) is 7.33. The van der Waals surface area contributed by atoms with Crippen molar-refractivity contribution in [1.29, 1.82) is 0 Å². The number of hydrogen-bond acceptors (Lipinski definition) is 3. The van der Waals surface area contributed by atoms with Crippen molar-refractivity contribution in [2.75, 3.05) is 24.5 Å². The maximum absolute atomic E-state index is 11.1. The molecule has 1 aromatic carbocycles. The molecular formula is C15H21ClN2O2. The molecule has 1 N–H and O–H groups in total. The van der Waals surface area contributed by atoms with Crippen molar-refractivity contribution < 1.29 is 9.90 Å². The highest BCUT2D eigenvalue weighted by molar-refractivity contribution is 6.30. The Morgan fingerprint density at radius 2 is 2.10 bits per heavy atom. The first-order valence-electron chi connectivity index (χ1n) is 6.95. The first kappa shape index (κ1) is 15.1. The summed E-state index contributed by atoms with van der Waals surface area (Å²) in [6.45, 7) is 6.30. The normalized spacial score (nSPS) is 19.5. The number of anilines is 1. The van der Waals surface area contributed by atoms with Crippen LogP contribution in [0.25, 0.3) is 0 Å². The number of carboxylic acids is 1. The van der Waals surface area contributed by atoms with Crippen LogP contribution in [0.3, 0.4) is 0 Å². The maximum atomic E-state index is 11.1. The third-order valence-corrected chi connectivity index (χ3v) is 4.08. The van der Waals surface area contributed by atoms with Gasteiger partial charge in [0.2, 0.25) is 0 Å². The van der Waals surface area contributed by atoms with Crippen molar-refractivity contribution in [2.45, 2.75) is 32.4 Å². The van der Waals surface area contributed by atoms with Gasteiger partial charge in [0.15, 0.2) is 0 Å². The zero-order chi connectivity index (χ0) is 14.7. The largest absolute Gasteiger partial charge is 0.480 e. The van der Waals surface area contributed by atoms with Gasteiger partial charge in [-0.25, -0.2) is 0 Å². The zero-order valence-electron chi connectivity index (χ0n) is 11.9. The molecule has 1 aromatic rings. The Hall–Kier alpha value is -1.26. The minimum absolute atomic E-state index is 0.0260. The summed E-state index contributed by atoms with van der Waals surface area (Å²) in [5.74, 6) is -0.803. The number of likely N-dealkylation sites (tertiary alicyclic amines) is 1. The predicted molar refractivity (Wildman–Crippen MR) is 81.5 cm³/mol. The fourth-order valence-electron chi connectivity index (χ4n) is 2.70. The van der Waals surface area contributed by atoms with Gasteiger partial charge in [0, 0.05) is 35.9 Å². The average Bonchev–Trinajstić information content (AvgIpc) is 2.86. The second kappa shape index (κ2) is 6.46. The van der Waals surface area contributed by atoms with E-state index in [0.29, 0.717) is 11.1 Å². The van der Waals surface area contributed by atoms with Gasteiger partial charge in [0.05, 0.1) is 0 Å².